The molecule has 0 spiro atoms. The molecule has 0 aliphatic heterocycles. The zero-order valence-electron chi connectivity index (χ0n) is 11.6. The van der Waals surface area contributed by atoms with E-state index in [1.807, 2.05) is 54.6 Å². The SMILES string of the molecule is C/C(=N\O)c1ccccc1N=C(CCl)Nc1ccccc1. The fraction of sp³-hybridized carbons (Fsp3) is 0.125. The van der Waals surface area contributed by atoms with Gasteiger partial charge >= 0.3 is 0 Å². The lowest BCUT2D eigenvalue weighted by Gasteiger charge is -2.09. The van der Waals surface area contributed by atoms with Crippen LogP contribution in [0.1, 0.15) is 12.5 Å². The van der Waals surface area contributed by atoms with Gasteiger partial charge in [-0.05, 0) is 25.1 Å². The van der Waals surface area contributed by atoms with Crippen LogP contribution in [-0.2, 0) is 0 Å². The Balaban J connectivity index is 2.32. The molecule has 0 aliphatic carbocycles. The Labute approximate surface area is 128 Å². The van der Waals surface area contributed by atoms with Gasteiger partial charge in [0.15, 0.2) is 0 Å². The first kappa shape index (κ1) is 15.1. The number of rotatable bonds is 4. The summed E-state index contributed by atoms with van der Waals surface area (Å²) in [4.78, 5) is 4.52. The van der Waals surface area contributed by atoms with Gasteiger partial charge in [0.05, 0.1) is 17.3 Å². The highest BCUT2D eigenvalue weighted by molar-refractivity contribution is 6.30. The van der Waals surface area contributed by atoms with Crippen molar-refractivity contribution < 1.29 is 5.21 Å². The second-order valence-corrected chi connectivity index (χ2v) is 4.65. The minimum absolute atomic E-state index is 0.249. The first-order valence-corrected chi connectivity index (χ1v) is 7.01. The molecule has 0 aromatic heterocycles. The number of oxime groups is 1. The third-order valence-corrected chi connectivity index (χ3v) is 3.14. The van der Waals surface area contributed by atoms with Gasteiger partial charge in [-0.15, -0.1) is 11.6 Å². The smallest absolute Gasteiger partial charge is 0.122 e. The van der Waals surface area contributed by atoms with Crippen molar-refractivity contribution >= 4 is 34.5 Å². The Bertz CT molecular complexity index is 654. The van der Waals surface area contributed by atoms with Gasteiger partial charge in [-0.25, -0.2) is 4.99 Å². The van der Waals surface area contributed by atoms with Gasteiger partial charge in [-0.3, -0.25) is 0 Å². The first-order chi connectivity index (χ1) is 10.2. The number of amidine groups is 1. The van der Waals surface area contributed by atoms with Crippen molar-refractivity contribution in [2.75, 3.05) is 11.2 Å². The number of nitrogens with zero attached hydrogens (tertiary/aromatic N) is 2. The minimum Gasteiger partial charge on any atom is -0.411 e. The third-order valence-electron chi connectivity index (χ3n) is 2.89. The Morgan fingerprint density at radius 1 is 1.10 bits per heavy atom. The van der Waals surface area contributed by atoms with Crippen molar-refractivity contribution in [1.29, 1.82) is 0 Å². The van der Waals surface area contributed by atoms with E-state index in [4.69, 9.17) is 16.8 Å². The summed E-state index contributed by atoms with van der Waals surface area (Å²) >= 11 is 5.96. The fourth-order valence-electron chi connectivity index (χ4n) is 1.86. The molecule has 0 heterocycles. The van der Waals surface area contributed by atoms with Crippen molar-refractivity contribution in [3.8, 4) is 0 Å². The van der Waals surface area contributed by atoms with E-state index in [2.05, 4.69) is 15.5 Å². The van der Waals surface area contributed by atoms with Crippen LogP contribution in [0.25, 0.3) is 0 Å². The molecule has 0 fully saturated rings. The van der Waals surface area contributed by atoms with Crippen LogP contribution in [0.3, 0.4) is 0 Å². The maximum Gasteiger partial charge on any atom is 0.122 e. The second kappa shape index (κ2) is 7.45. The number of hydrogen-bond donors (Lipinski definition) is 2. The summed E-state index contributed by atoms with van der Waals surface area (Å²) < 4.78 is 0. The lowest BCUT2D eigenvalue weighted by atomic mass is 10.1. The number of benzene rings is 2. The molecule has 0 atom stereocenters. The zero-order valence-corrected chi connectivity index (χ0v) is 12.4. The van der Waals surface area contributed by atoms with Gasteiger partial charge in [-0.1, -0.05) is 41.6 Å². The molecular formula is C16H16ClN3O. The average molecular weight is 302 g/mol. The predicted octanol–water partition coefficient (Wildman–Crippen LogP) is 4.27. The molecule has 2 aromatic carbocycles. The number of hydrogen-bond acceptors (Lipinski definition) is 3. The van der Waals surface area contributed by atoms with Crippen LogP contribution in [0, 0.1) is 0 Å². The molecule has 0 amide bonds. The van der Waals surface area contributed by atoms with Gasteiger partial charge in [0, 0.05) is 11.3 Å². The number of aliphatic imine (C=N–C) groups is 1. The number of halogens is 1. The highest BCUT2D eigenvalue weighted by Gasteiger charge is 2.06. The third kappa shape index (κ3) is 4.07. The highest BCUT2D eigenvalue weighted by Crippen LogP contribution is 2.20. The lowest BCUT2D eigenvalue weighted by Crippen LogP contribution is -2.13. The Morgan fingerprint density at radius 2 is 1.76 bits per heavy atom. The van der Waals surface area contributed by atoms with Crippen LogP contribution in [0.5, 0.6) is 0 Å². The molecule has 0 saturated carbocycles. The standard InChI is InChI=1S/C16H16ClN3O/c1-12(20-21)14-9-5-6-10-15(14)19-16(11-17)18-13-7-3-2-4-8-13/h2-10,21H,11H2,1H3,(H,18,19)/b20-12+. The van der Waals surface area contributed by atoms with Gasteiger partial charge in [0.1, 0.15) is 5.84 Å². The molecule has 2 N–H and O–H groups in total. The van der Waals surface area contributed by atoms with E-state index in [9.17, 15) is 0 Å². The topological polar surface area (TPSA) is 57.0 Å². The Hall–Kier alpha value is -2.33. The summed E-state index contributed by atoms with van der Waals surface area (Å²) in [5, 5.41) is 15.3. The predicted molar refractivity (Wildman–Crippen MR) is 88.3 cm³/mol. The van der Waals surface area contributed by atoms with E-state index in [0.717, 1.165) is 11.3 Å². The van der Waals surface area contributed by atoms with E-state index in [1.165, 1.54) is 0 Å². The van der Waals surface area contributed by atoms with Crippen LogP contribution in [-0.4, -0.2) is 22.6 Å². The van der Waals surface area contributed by atoms with Crippen LogP contribution in [0.2, 0.25) is 0 Å². The van der Waals surface area contributed by atoms with Crippen molar-refractivity contribution in [2.45, 2.75) is 6.92 Å². The van der Waals surface area contributed by atoms with Crippen molar-refractivity contribution in [2.24, 2.45) is 10.1 Å². The molecule has 108 valence electrons. The van der Waals surface area contributed by atoms with Crippen molar-refractivity contribution in [3.63, 3.8) is 0 Å². The summed E-state index contributed by atoms with van der Waals surface area (Å²) in [7, 11) is 0. The number of nitrogens with one attached hydrogen (secondary N) is 1. The van der Waals surface area contributed by atoms with E-state index >= 15 is 0 Å². The number of para-hydroxylation sites is 2. The molecular weight excluding hydrogens is 286 g/mol. The molecule has 0 saturated heterocycles. The Kier molecular flexibility index (Phi) is 5.35. The van der Waals surface area contributed by atoms with Gasteiger partial charge in [-0.2, -0.15) is 0 Å². The quantitative estimate of drug-likeness (QED) is 0.291. The van der Waals surface area contributed by atoms with E-state index in [1.54, 1.807) is 6.92 Å². The molecule has 21 heavy (non-hydrogen) atoms. The fourth-order valence-corrected chi connectivity index (χ4v) is 1.98. The molecule has 4 nitrogen and oxygen atoms in total. The molecule has 0 unspecified atom stereocenters. The zero-order chi connectivity index (χ0) is 15.1. The van der Waals surface area contributed by atoms with Crippen LogP contribution < -0.4 is 5.32 Å². The largest absolute Gasteiger partial charge is 0.411 e. The van der Waals surface area contributed by atoms with Gasteiger partial charge < -0.3 is 10.5 Å². The summed E-state index contributed by atoms with van der Waals surface area (Å²) in [5.41, 5.74) is 2.88. The molecule has 0 aliphatic rings. The second-order valence-electron chi connectivity index (χ2n) is 4.39. The maximum atomic E-state index is 8.94. The van der Waals surface area contributed by atoms with Crippen LogP contribution in [0.15, 0.2) is 64.7 Å². The molecule has 0 radical (unpaired) electrons. The normalized spacial score (nSPS) is 12.3. The average Bonchev–Trinajstić information content (AvgIpc) is 2.55. The van der Waals surface area contributed by atoms with E-state index in [0.29, 0.717) is 17.2 Å². The summed E-state index contributed by atoms with van der Waals surface area (Å²) in [6, 6.07) is 17.1. The maximum absolute atomic E-state index is 8.94. The summed E-state index contributed by atoms with van der Waals surface area (Å²) in [6.45, 7) is 1.72. The number of anilines is 1. The molecule has 2 rings (SSSR count). The van der Waals surface area contributed by atoms with Crippen molar-refractivity contribution in [1.82, 2.24) is 0 Å². The van der Waals surface area contributed by atoms with Gasteiger partial charge in [0.2, 0.25) is 0 Å². The summed E-state index contributed by atoms with van der Waals surface area (Å²) in [5.74, 6) is 0.875. The van der Waals surface area contributed by atoms with Gasteiger partial charge in [0.25, 0.3) is 0 Å². The molecule has 5 heteroatoms. The monoisotopic (exact) mass is 301 g/mol. The molecule has 2 aromatic rings. The lowest BCUT2D eigenvalue weighted by molar-refractivity contribution is 0.319. The van der Waals surface area contributed by atoms with Crippen LogP contribution in [0.4, 0.5) is 11.4 Å². The highest BCUT2D eigenvalue weighted by atomic mass is 35.5. The van der Waals surface area contributed by atoms with E-state index in [-0.39, 0.29) is 5.88 Å². The number of alkyl halides is 1. The summed E-state index contributed by atoms with van der Waals surface area (Å²) in [6.07, 6.45) is 0. The molecule has 0 bridgehead atoms. The van der Waals surface area contributed by atoms with Crippen molar-refractivity contribution in [3.05, 3.63) is 60.2 Å². The van der Waals surface area contributed by atoms with Crippen LogP contribution >= 0.6 is 11.6 Å². The Morgan fingerprint density at radius 3 is 2.43 bits per heavy atom. The minimum atomic E-state index is 0.249. The first-order valence-electron chi connectivity index (χ1n) is 6.48. The van der Waals surface area contributed by atoms with E-state index < -0.39 is 0 Å².